The first-order valence-corrected chi connectivity index (χ1v) is 15.6. The van der Waals surface area contributed by atoms with Gasteiger partial charge < -0.3 is 8.85 Å². The Balaban J connectivity index is 3.46. The van der Waals surface area contributed by atoms with E-state index in [2.05, 4.69) is 34.6 Å². The lowest BCUT2D eigenvalue weighted by Gasteiger charge is -2.29. The molecule has 0 rings (SSSR count). The largest absolute Gasteiger partial charge is 0.394 e. The highest BCUT2D eigenvalue weighted by Gasteiger charge is 2.33. The Bertz CT molecular complexity index is 316. The van der Waals surface area contributed by atoms with E-state index in [-0.39, 0.29) is 0 Å². The SMILES string of the molecule is CCCCCCCCCCCCCCCCCO[Si](CC)(CC)OCCC(C)C. The fourth-order valence-electron chi connectivity index (χ4n) is 3.91. The van der Waals surface area contributed by atoms with E-state index in [4.69, 9.17) is 8.85 Å². The average Bonchev–Trinajstić information content (AvgIpc) is 2.72. The van der Waals surface area contributed by atoms with Crippen molar-refractivity contribution in [2.24, 2.45) is 5.92 Å². The van der Waals surface area contributed by atoms with E-state index in [0.717, 1.165) is 31.7 Å². The summed E-state index contributed by atoms with van der Waals surface area (Å²) in [5.74, 6) is 0.714. The quantitative estimate of drug-likeness (QED) is 0.119. The first kappa shape index (κ1) is 29.1. The summed E-state index contributed by atoms with van der Waals surface area (Å²) in [6, 6.07) is 2.17. The van der Waals surface area contributed by atoms with Gasteiger partial charge in [0.2, 0.25) is 0 Å². The summed E-state index contributed by atoms with van der Waals surface area (Å²) >= 11 is 0. The number of hydrogen-bond donors (Lipinski definition) is 0. The fourth-order valence-corrected chi connectivity index (χ4v) is 6.32. The van der Waals surface area contributed by atoms with Crippen LogP contribution in [0.4, 0.5) is 0 Å². The first-order chi connectivity index (χ1) is 14.1. The second-order valence-electron chi connectivity index (χ2n) is 9.45. The van der Waals surface area contributed by atoms with Gasteiger partial charge in [-0.2, -0.15) is 0 Å². The zero-order valence-corrected chi connectivity index (χ0v) is 22.0. The molecular weight excluding hydrogens is 372 g/mol. The van der Waals surface area contributed by atoms with Gasteiger partial charge in [-0.05, 0) is 30.8 Å². The molecule has 0 aliphatic rings. The van der Waals surface area contributed by atoms with Gasteiger partial charge in [-0.25, -0.2) is 0 Å². The van der Waals surface area contributed by atoms with E-state index in [1.807, 2.05) is 0 Å². The van der Waals surface area contributed by atoms with Gasteiger partial charge in [-0.3, -0.25) is 0 Å². The highest BCUT2D eigenvalue weighted by Crippen LogP contribution is 2.20. The molecule has 0 bridgehead atoms. The predicted octanol–water partition coefficient (Wildman–Crippen LogP) is 9.42. The van der Waals surface area contributed by atoms with Gasteiger partial charge >= 0.3 is 8.56 Å². The number of rotatable bonds is 23. The molecule has 3 heteroatoms. The van der Waals surface area contributed by atoms with E-state index in [0.29, 0.717) is 5.92 Å². The average molecular weight is 429 g/mol. The molecule has 0 aromatic rings. The van der Waals surface area contributed by atoms with Crippen LogP contribution in [0, 0.1) is 5.92 Å². The van der Waals surface area contributed by atoms with Crippen molar-refractivity contribution in [3.8, 4) is 0 Å². The van der Waals surface area contributed by atoms with Crippen molar-refractivity contribution in [1.82, 2.24) is 0 Å². The number of unbranched alkanes of at least 4 members (excludes halogenated alkanes) is 14. The third-order valence-electron chi connectivity index (χ3n) is 6.25. The van der Waals surface area contributed by atoms with Crippen molar-refractivity contribution in [3.63, 3.8) is 0 Å². The van der Waals surface area contributed by atoms with E-state index in [1.165, 1.54) is 96.3 Å². The minimum atomic E-state index is -1.92. The molecule has 0 amide bonds. The summed E-state index contributed by atoms with van der Waals surface area (Å²) in [6.07, 6.45) is 22.3. The monoisotopic (exact) mass is 428 g/mol. The zero-order valence-electron chi connectivity index (χ0n) is 21.0. The molecule has 0 aliphatic carbocycles. The van der Waals surface area contributed by atoms with E-state index >= 15 is 0 Å². The van der Waals surface area contributed by atoms with Crippen molar-refractivity contribution in [1.29, 1.82) is 0 Å². The molecule has 0 spiro atoms. The standard InChI is InChI=1S/C26H56O2Si/c1-6-9-10-11-12-13-14-15-16-17-18-19-20-21-22-24-27-29(7-2,8-3)28-25-23-26(4)5/h26H,6-25H2,1-5H3. The maximum Gasteiger partial charge on any atom is 0.337 e. The van der Waals surface area contributed by atoms with Gasteiger partial charge in [-0.1, -0.05) is 125 Å². The Morgan fingerprint density at radius 3 is 1.28 bits per heavy atom. The summed E-state index contributed by atoms with van der Waals surface area (Å²) in [5, 5.41) is 0. The van der Waals surface area contributed by atoms with Crippen LogP contribution in [0.5, 0.6) is 0 Å². The first-order valence-electron chi connectivity index (χ1n) is 13.4. The lowest BCUT2D eigenvalue weighted by molar-refractivity contribution is 0.159. The van der Waals surface area contributed by atoms with Crippen LogP contribution in [0.15, 0.2) is 0 Å². The minimum absolute atomic E-state index is 0.714. The van der Waals surface area contributed by atoms with Gasteiger partial charge in [0.05, 0.1) is 0 Å². The van der Waals surface area contributed by atoms with E-state index in [9.17, 15) is 0 Å². The third kappa shape index (κ3) is 18.6. The topological polar surface area (TPSA) is 18.5 Å². The van der Waals surface area contributed by atoms with Crippen LogP contribution < -0.4 is 0 Å². The molecule has 0 saturated heterocycles. The smallest absolute Gasteiger partial charge is 0.337 e. The maximum absolute atomic E-state index is 6.34. The van der Waals surface area contributed by atoms with Crippen LogP contribution in [-0.2, 0) is 8.85 Å². The molecule has 0 saturated carbocycles. The highest BCUT2D eigenvalue weighted by molar-refractivity contribution is 6.67. The van der Waals surface area contributed by atoms with Crippen LogP contribution in [-0.4, -0.2) is 21.8 Å². The van der Waals surface area contributed by atoms with Gasteiger partial charge in [-0.15, -0.1) is 0 Å². The molecule has 0 atom stereocenters. The molecule has 0 N–H and O–H groups in total. The van der Waals surface area contributed by atoms with Crippen molar-refractivity contribution in [2.75, 3.05) is 13.2 Å². The van der Waals surface area contributed by atoms with Gasteiger partial charge in [0.25, 0.3) is 0 Å². The summed E-state index contributed by atoms with van der Waals surface area (Å²) in [4.78, 5) is 0. The van der Waals surface area contributed by atoms with Crippen molar-refractivity contribution in [2.45, 2.75) is 149 Å². The lowest BCUT2D eigenvalue weighted by atomic mass is 10.0. The fraction of sp³-hybridized carbons (Fsp3) is 1.00. The van der Waals surface area contributed by atoms with Gasteiger partial charge in [0, 0.05) is 13.2 Å². The Labute approximate surface area is 186 Å². The number of hydrogen-bond acceptors (Lipinski definition) is 2. The molecule has 2 nitrogen and oxygen atoms in total. The van der Waals surface area contributed by atoms with Crippen LogP contribution in [0.3, 0.4) is 0 Å². The molecular formula is C26H56O2Si. The summed E-state index contributed by atoms with van der Waals surface area (Å²) in [6.45, 7) is 13.1. The van der Waals surface area contributed by atoms with Crippen LogP contribution in [0.25, 0.3) is 0 Å². The van der Waals surface area contributed by atoms with Crippen LogP contribution >= 0.6 is 0 Å². The molecule has 0 fully saturated rings. The second kappa shape index (κ2) is 21.4. The molecule has 29 heavy (non-hydrogen) atoms. The normalized spacial score (nSPS) is 12.2. The molecule has 0 aliphatic heterocycles. The van der Waals surface area contributed by atoms with E-state index in [1.54, 1.807) is 0 Å². The Morgan fingerprint density at radius 2 is 0.897 bits per heavy atom. The van der Waals surface area contributed by atoms with Crippen LogP contribution in [0.1, 0.15) is 137 Å². The summed E-state index contributed by atoms with van der Waals surface area (Å²) in [5.41, 5.74) is 0. The molecule has 0 radical (unpaired) electrons. The zero-order chi connectivity index (χ0) is 21.6. The predicted molar refractivity (Wildman–Crippen MR) is 133 cm³/mol. The minimum Gasteiger partial charge on any atom is -0.394 e. The third-order valence-corrected chi connectivity index (χ3v) is 9.87. The van der Waals surface area contributed by atoms with E-state index < -0.39 is 8.56 Å². The van der Waals surface area contributed by atoms with Gasteiger partial charge in [0.15, 0.2) is 0 Å². The van der Waals surface area contributed by atoms with Crippen LogP contribution in [0.2, 0.25) is 12.1 Å². The molecule has 0 aromatic heterocycles. The lowest BCUT2D eigenvalue weighted by Crippen LogP contribution is -2.41. The highest BCUT2D eigenvalue weighted by atomic mass is 28.4. The van der Waals surface area contributed by atoms with Crippen molar-refractivity contribution < 1.29 is 8.85 Å². The molecule has 0 heterocycles. The summed E-state index contributed by atoms with van der Waals surface area (Å²) < 4.78 is 12.6. The molecule has 176 valence electrons. The Hall–Kier alpha value is 0.137. The Kier molecular flexibility index (Phi) is 21.5. The summed E-state index contributed by atoms with van der Waals surface area (Å²) in [7, 11) is -1.92. The van der Waals surface area contributed by atoms with Crippen molar-refractivity contribution >= 4 is 8.56 Å². The molecule has 0 unspecified atom stereocenters. The van der Waals surface area contributed by atoms with Crippen molar-refractivity contribution in [3.05, 3.63) is 0 Å². The molecule has 0 aromatic carbocycles. The Morgan fingerprint density at radius 1 is 0.517 bits per heavy atom. The second-order valence-corrected chi connectivity index (χ2v) is 13.3. The maximum atomic E-state index is 6.34. The van der Waals surface area contributed by atoms with Gasteiger partial charge in [0.1, 0.15) is 0 Å².